The molecule has 16 atom stereocenters. The van der Waals surface area contributed by atoms with Crippen molar-refractivity contribution in [2.24, 2.45) is 92.7 Å². The summed E-state index contributed by atoms with van der Waals surface area (Å²) in [6.07, 6.45) is 36.1. The minimum atomic E-state index is 0.236. The highest BCUT2D eigenvalue weighted by Crippen LogP contribution is 2.69. The van der Waals surface area contributed by atoms with Crippen LogP contribution in [0.15, 0.2) is 23.3 Å². The van der Waals surface area contributed by atoms with Crippen LogP contribution in [0.2, 0.25) is 0 Å². The van der Waals surface area contributed by atoms with Crippen LogP contribution in [0.5, 0.6) is 0 Å². The van der Waals surface area contributed by atoms with Crippen LogP contribution in [0.4, 0.5) is 0 Å². The van der Waals surface area contributed by atoms with Crippen molar-refractivity contribution < 1.29 is 9.78 Å². The molecule has 318 valence electrons. The summed E-state index contributed by atoms with van der Waals surface area (Å²) in [4.78, 5) is 13.0. The molecule has 6 saturated carbocycles. The van der Waals surface area contributed by atoms with Gasteiger partial charge in [0.05, 0.1) is 12.2 Å². The molecule has 0 aliphatic heterocycles. The van der Waals surface area contributed by atoms with E-state index in [0.29, 0.717) is 21.7 Å². The van der Waals surface area contributed by atoms with E-state index in [1.54, 1.807) is 11.1 Å². The molecule has 8 rings (SSSR count). The molecule has 0 saturated heterocycles. The van der Waals surface area contributed by atoms with Crippen molar-refractivity contribution in [2.45, 2.75) is 223 Å². The maximum atomic E-state index is 6.52. The first-order chi connectivity index (χ1) is 26.7. The van der Waals surface area contributed by atoms with Crippen molar-refractivity contribution in [3.8, 4) is 0 Å². The standard InChI is InChI=1S/C54H90O2/c1-35(2)13-11-15-37(5)45-21-23-47-43-19-17-39-33-41(25-29-51(39,7)49(43)27-31-53(45,47)9)55-56-42-26-30-52(8)40(34-42)18-20-44-48-24-22-46(38(6)16-12-14-36(3)4)54(48,10)32-28-50(44)52/h17-18,35-38,41-50H,11-16,19-34H2,1-10H3/t37-,38-,41+,42+,43+,44+,45-,46-,47+,48+,49+,50+,51+,52+,53-,54-/m1/s1. The molecule has 56 heavy (non-hydrogen) atoms. The summed E-state index contributed by atoms with van der Waals surface area (Å²) in [5.74, 6) is 10.8. The van der Waals surface area contributed by atoms with E-state index in [1.807, 2.05) is 0 Å². The van der Waals surface area contributed by atoms with E-state index in [9.17, 15) is 0 Å². The Hall–Kier alpha value is -0.600. The van der Waals surface area contributed by atoms with E-state index >= 15 is 0 Å². The molecule has 0 aromatic rings. The molecule has 0 aromatic carbocycles. The Morgan fingerprint density at radius 2 is 0.911 bits per heavy atom. The fourth-order valence-electron chi connectivity index (χ4n) is 17.6. The van der Waals surface area contributed by atoms with Gasteiger partial charge in [-0.3, -0.25) is 0 Å². The lowest BCUT2D eigenvalue weighted by Gasteiger charge is -2.59. The van der Waals surface area contributed by atoms with Crippen molar-refractivity contribution in [2.75, 3.05) is 0 Å². The molecule has 6 fully saturated rings. The first-order valence-electron chi connectivity index (χ1n) is 25.4. The molecule has 8 aliphatic carbocycles. The Balaban J connectivity index is 0.844. The van der Waals surface area contributed by atoms with Gasteiger partial charge in [-0.2, -0.15) is 0 Å². The highest BCUT2D eigenvalue weighted by atomic mass is 17.2. The van der Waals surface area contributed by atoms with Gasteiger partial charge in [0, 0.05) is 0 Å². The van der Waals surface area contributed by atoms with Crippen molar-refractivity contribution in [1.29, 1.82) is 0 Å². The van der Waals surface area contributed by atoms with E-state index in [1.165, 1.54) is 128 Å². The van der Waals surface area contributed by atoms with Gasteiger partial charge in [0.2, 0.25) is 0 Å². The van der Waals surface area contributed by atoms with E-state index in [-0.39, 0.29) is 12.2 Å². The summed E-state index contributed by atoms with van der Waals surface area (Å²) < 4.78 is 0. The van der Waals surface area contributed by atoms with Gasteiger partial charge in [-0.25, -0.2) is 9.78 Å². The number of allylic oxidation sites excluding steroid dienone is 2. The first kappa shape index (κ1) is 42.1. The van der Waals surface area contributed by atoms with Crippen LogP contribution in [-0.2, 0) is 9.78 Å². The Kier molecular flexibility index (Phi) is 12.3. The van der Waals surface area contributed by atoms with Crippen LogP contribution in [0.25, 0.3) is 0 Å². The zero-order valence-electron chi connectivity index (χ0n) is 38.6. The highest BCUT2D eigenvalue weighted by Gasteiger charge is 2.61. The van der Waals surface area contributed by atoms with Gasteiger partial charge >= 0.3 is 0 Å². The van der Waals surface area contributed by atoms with Crippen LogP contribution >= 0.6 is 0 Å². The van der Waals surface area contributed by atoms with E-state index in [0.717, 1.165) is 83.9 Å². The molecule has 0 radical (unpaired) electrons. The topological polar surface area (TPSA) is 18.5 Å². The normalized spacial score (nSPS) is 46.9. The number of rotatable bonds is 13. The lowest BCUT2D eigenvalue weighted by Crippen LogP contribution is -2.51. The quantitative estimate of drug-likeness (QED) is 0.105. The van der Waals surface area contributed by atoms with E-state index in [2.05, 4.69) is 81.4 Å². The Morgan fingerprint density at radius 1 is 0.500 bits per heavy atom. The average Bonchev–Trinajstić information content (AvgIpc) is 3.70. The van der Waals surface area contributed by atoms with Crippen molar-refractivity contribution in [3.63, 3.8) is 0 Å². The average molecular weight is 771 g/mol. The molecule has 0 spiro atoms. The second kappa shape index (κ2) is 16.4. The van der Waals surface area contributed by atoms with Gasteiger partial charge in [0.15, 0.2) is 0 Å². The molecule has 0 unspecified atom stereocenters. The van der Waals surface area contributed by atoms with Crippen LogP contribution in [0.3, 0.4) is 0 Å². The number of hydrogen-bond acceptors (Lipinski definition) is 2. The summed E-state index contributed by atoms with van der Waals surface area (Å²) in [6.45, 7) is 25.7. The predicted octanol–water partition coefficient (Wildman–Crippen LogP) is 15.8. The minimum absolute atomic E-state index is 0.236. The fourth-order valence-corrected chi connectivity index (χ4v) is 17.6. The summed E-state index contributed by atoms with van der Waals surface area (Å²) in [7, 11) is 0. The SMILES string of the molecule is CC(C)CCC[C@@H](C)[C@H]1CC[C@H]2[C@@H]3CC=C4C[C@@H](OO[C@H]5CC[C@@]6(C)C(=CC[C@H]7[C@@H]8CC[C@H]([C@H](C)CCCC(C)C)[C@@]8(C)CC[C@@H]76)C5)CC[C@]4(C)[C@H]3CC[C@]12C. The maximum Gasteiger partial charge on any atom is 0.0967 e. The lowest BCUT2D eigenvalue weighted by molar-refractivity contribution is -0.358. The van der Waals surface area contributed by atoms with Crippen molar-refractivity contribution in [3.05, 3.63) is 23.3 Å². The molecular formula is C54H90O2. The second-order valence-electron chi connectivity index (χ2n) is 24.5. The number of fused-ring (bicyclic) bond motifs is 10. The molecule has 0 aromatic heterocycles. The van der Waals surface area contributed by atoms with Crippen molar-refractivity contribution >= 4 is 0 Å². The molecule has 0 N–H and O–H groups in total. The highest BCUT2D eigenvalue weighted by molar-refractivity contribution is 5.27. The second-order valence-corrected chi connectivity index (χ2v) is 24.5. The molecule has 0 amide bonds. The summed E-state index contributed by atoms with van der Waals surface area (Å²) in [5, 5.41) is 0. The third-order valence-corrected chi connectivity index (χ3v) is 20.8. The predicted molar refractivity (Wildman–Crippen MR) is 236 cm³/mol. The van der Waals surface area contributed by atoms with Gasteiger partial charge in [-0.1, -0.05) is 131 Å². The van der Waals surface area contributed by atoms with Gasteiger partial charge in [0.25, 0.3) is 0 Å². The minimum Gasteiger partial charge on any atom is -0.233 e. The molecule has 0 bridgehead atoms. The van der Waals surface area contributed by atoms with Crippen LogP contribution < -0.4 is 0 Å². The first-order valence-corrected chi connectivity index (χ1v) is 25.4. The Labute approximate surface area is 347 Å². The number of hydrogen-bond donors (Lipinski definition) is 0. The Bertz CT molecular complexity index is 1320. The monoisotopic (exact) mass is 771 g/mol. The smallest absolute Gasteiger partial charge is 0.0967 e. The summed E-state index contributed by atoms with van der Waals surface area (Å²) >= 11 is 0. The summed E-state index contributed by atoms with van der Waals surface area (Å²) in [5.41, 5.74) is 5.37. The third-order valence-electron chi connectivity index (χ3n) is 20.8. The van der Waals surface area contributed by atoms with Crippen LogP contribution in [0, 0.1) is 92.7 Å². The fraction of sp³-hybridized carbons (Fsp3) is 0.926. The molecule has 8 aliphatic rings. The van der Waals surface area contributed by atoms with E-state index in [4.69, 9.17) is 9.78 Å². The van der Waals surface area contributed by atoms with Gasteiger partial charge in [0.1, 0.15) is 0 Å². The van der Waals surface area contributed by atoms with Crippen LogP contribution in [-0.4, -0.2) is 12.2 Å². The molecule has 0 heterocycles. The zero-order valence-corrected chi connectivity index (χ0v) is 38.6. The van der Waals surface area contributed by atoms with Crippen LogP contribution in [0.1, 0.15) is 210 Å². The lowest BCUT2D eigenvalue weighted by atomic mass is 9.47. The summed E-state index contributed by atoms with van der Waals surface area (Å²) in [6, 6.07) is 0. The Morgan fingerprint density at radius 3 is 1.30 bits per heavy atom. The third kappa shape index (κ3) is 7.44. The van der Waals surface area contributed by atoms with Gasteiger partial charge < -0.3 is 0 Å². The van der Waals surface area contributed by atoms with Gasteiger partial charge in [-0.15, -0.1) is 0 Å². The molecular weight excluding hydrogens is 681 g/mol. The largest absolute Gasteiger partial charge is 0.233 e. The molecule has 2 heteroatoms. The zero-order chi connectivity index (χ0) is 39.6. The van der Waals surface area contributed by atoms with Crippen molar-refractivity contribution in [1.82, 2.24) is 0 Å². The molecule has 2 nitrogen and oxygen atoms in total. The maximum absolute atomic E-state index is 6.52. The van der Waals surface area contributed by atoms with Gasteiger partial charge in [-0.05, 0) is 195 Å². The van der Waals surface area contributed by atoms with E-state index < -0.39 is 0 Å².